The van der Waals surface area contributed by atoms with E-state index in [1.54, 1.807) is 12.1 Å². The topological polar surface area (TPSA) is 46.5 Å². The Hall–Kier alpha value is -1.79. The molecule has 78 valence electrons. The van der Waals surface area contributed by atoms with Gasteiger partial charge in [-0.25, -0.2) is 4.79 Å². The molecule has 0 spiro atoms. The Morgan fingerprint density at radius 2 is 2.27 bits per heavy atom. The Kier molecular flexibility index (Phi) is 3.90. The van der Waals surface area contributed by atoms with E-state index in [2.05, 4.69) is 16.6 Å². The number of aryl methyl sites for hydroxylation is 1. The highest BCUT2D eigenvalue weighted by atomic mass is 16.5. The van der Waals surface area contributed by atoms with E-state index in [-0.39, 0.29) is 6.61 Å². The first-order chi connectivity index (χ1) is 7.19. The second-order valence-electron chi connectivity index (χ2n) is 3.00. The van der Waals surface area contributed by atoms with Crippen LogP contribution in [0.25, 0.3) is 0 Å². The van der Waals surface area contributed by atoms with Gasteiger partial charge in [-0.05, 0) is 24.6 Å². The van der Waals surface area contributed by atoms with Gasteiger partial charge in [0.1, 0.15) is 6.61 Å². The molecule has 0 bridgehead atoms. The summed E-state index contributed by atoms with van der Waals surface area (Å²) in [4.78, 5) is 11.4. The lowest BCUT2D eigenvalue weighted by molar-refractivity contribution is 0.0600. The van der Waals surface area contributed by atoms with Crippen molar-refractivity contribution in [1.82, 2.24) is 0 Å². The number of ether oxygens (including phenoxy) is 1. The van der Waals surface area contributed by atoms with Gasteiger partial charge in [0.05, 0.1) is 12.7 Å². The van der Waals surface area contributed by atoms with Crippen LogP contribution in [0.4, 0.5) is 0 Å². The molecule has 1 rings (SSSR count). The van der Waals surface area contributed by atoms with Crippen LogP contribution >= 0.6 is 0 Å². The molecule has 3 nitrogen and oxygen atoms in total. The average molecular weight is 204 g/mol. The van der Waals surface area contributed by atoms with Crippen LogP contribution in [-0.4, -0.2) is 24.8 Å². The first kappa shape index (κ1) is 11.3. The number of carbonyl (C=O) groups is 1. The molecule has 0 atom stereocenters. The average Bonchev–Trinajstić information content (AvgIpc) is 2.25. The zero-order valence-electron chi connectivity index (χ0n) is 8.70. The third-order valence-electron chi connectivity index (χ3n) is 1.88. The molecule has 0 aliphatic carbocycles. The zero-order chi connectivity index (χ0) is 11.3. The summed E-state index contributed by atoms with van der Waals surface area (Å²) in [5.41, 5.74) is 2.00. The van der Waals surface area contributed by atoms with Crippen LogP contribution in [0.15, 0.2) is 18.2 Å². The van der Waals surface area contributed by atoms with Gasteiger partial charge in [0.2, 0.25) is 0 Å². The first-order valence-corrected chi connectivity index (χ1v) is 4.47. The molecule has 0 heterocycles. The summed E-state index contributed by atoms with van der Waals surface area (Å²) in [6.45, 7) is 1.68. The molecular formula is C12H12O3. The maximum Gasteiger partial charge on any atom is 0.339 e. The van der Waals surface area contributed by atoms with Crippen molar-refractivity contribution in [2.45, 2.75) is 6.92 Å². The molecule has 1 aromatic rings. The maximum atomic E-state index is 11.4. The molecule has 0 unspecified atom stereocenters. The van der Waals surface area contributed by atoms with E-state index in [4.69, 9.17) is 5.11 Å². The molecule has 0 aromatic heterocycles. The van der Waals surface area contributed by atoms with Crippen molar-refractivity contribution >= 4 is 5.97 Å². The molecule has 0 radical (unpaired) electrons. The van der Waals surface area contributed by atoms with E-state index in [9.17, 15) is 4.79 Å². The molecule has 0 amide bonds. The monoisotopic (exact) mass is 204 g/mol. The second-order valence-corrected chi connectivity index (χ2v) is 3.00. The van der Waals surface area contributed by atoms with E-state index in [0.29, 0.717) is 11.1 Å². The fourth-order valence-corrected chi connectivity index (χ4v) is 1.18. The third-order valence-corrected chi connectivity index (χ3v) is 1.88. The number of benzene rings is 1. The maximum absolute atomic E-state index is 11.4. The van der Waals surface area contributed by atoms with Gasteiger partial charge in [0.15, 0.2) is 0 Å². The molecule has 15 heavy (non-hydrogen) atoms. The minimum absolute atomic E-state index is 0.228. The molecule has 0 saturated heterocycles. The normalized spacial score (nSPS) is 9.00. The minimum atomic E-state index is -0.419. The molecule has 1 aromatic carbocycles. The summed E-state index contributed by atoms with van der Waals surface area (Å²) in [5, 5.41) is 8.59. The van der Waals surface area contributed by atoms with E-state index in [0.717, 1.165) is 5.56 Å². The Balaban J connectivity index is 3.20. The Morgan fingerprint density at radius 1 is 1.53 bits per heavy atom. The van der Waals surface area contributed by atoms with Crippen molar-refractivity contribution in [2.24, 2.45) is 0 Å². The van der Waals surface area contributed by atoms with Crippen LogP contribution < -0.4 is 0 Å². The Labute approximate surface area is 88.7 Å². The summed E-state index contributed by atoms with van der Waals surface area (Å²) in [6.07, 6.45) is 0. The van der Waals surface area contributed by atoms with Crippen molar-refractivity contribution in [1.29, 1.82) is 0 Å². The van der Waals surface area contributed by atoms with Gasteiger partial charge < -0.3 is 9.84 Å². The van der Waals surface area contributed by atoms with Crippen LogP contribution in [0.2, 0.25) is 0 Å². The zero-order valence-corrected chi connectivity index (χ0v) is 8.70. The van der Waals surface area contributed by atoms with E-state index in [1.165, 1.54) is 7.11 Å². The molecule has 0 saturated carbocycles. The lowest BCUT2D eigenvalue weighted by Crippen LogP contribution is -2.04. The van der Waals surface area contributed by atoms with Gasteiger partial charge in [-0.2, -0.15) is 0 Å². The second kappa shape index (κ2) is 5.18. The van der Waals surface area contributed by atoms with Gasteiger partial charge in [0, 0.05) is 5.56 Å². The standard InChI is InChI=1S/C12H12O3/c1-9-5-6-11(12(14)15-2)10(8-9)4-3-7-13/h5-6,8,13H,7H2,1-2H3. The number of rotatable bonds is 1. The predicted octanol–water partition coefficient (Wildman–Crippen LogP) is 1.13. The molecular weight excluding hydrogens is 192 g/mol. The fraction of sp³-hybridized carbons (Fsp3) is 0.250. The van der Waals surface area contributed by atoms with Crippen LogP contribution in [0.3, 0.4) is 0 Å². The van der Waals surface area contributed by atoms with Crippen LogP contribution in [0, 0.1) is 18.8 Å². The van der Waals surface area contributed by atoms with E-state index >= 15 is 0 Å². The highest BCUT2D eigenvalue weighted by Gasteiger charge is 2.09. The van der Waals surface area contributed by atoms with Gasteiger partial charge in [-0.3, -0.25) is 0 Å². The summed E-state index contributed by atoms with van der Waals surface area (Å²) in [6, 6.07) is 5.27. The number of aliphatic hydroxyl groups is 1. The van der Waals surface area contributed by atoms with Gasteiger partial charge >= 0.3 is 5.97 Å². The van der Waals surface area contributed by atoms with Crippen molar-refractivity contribution in [3.8, 4) is 11.8 Å². The van der Waals surface area contributed by atoms with Crippen molar-refractivity contribution in [3.05, 3.63) is 34.9 Å². The summed E-state index contributed by atoms with van der Waals surface area (Å²) in [5.74, 6) is 4.81. The number of hydrogen-bond acceptors (Lipinski definition) is 3. The highest BCUT2D eigenvalue weighted by molar-refractivity contribution is 5.92. The number of methoxy groups -OCH3 is 1. The fourth-order valence-electron chi connectivity index (χ4n) is 1.18. The smallest absolute Gasteiger partial charge is 0.339 e. The molecule has 0 fully saturated rings. The molecule has 3 heteroatoms. The van der Waals surface area contributed by atoms with Crippen molar-refractivity contribution in [3.63, 3.8) is 0 Å². The van der Waals surface area contributed by atoms with Crippen molar-refractivity contribution in [2.75, 3.05) is 13.7 Å². The van der Waals surface area contributed by atoms with Gasteiger partial charge in [0.25, 0.3) is 0 Å². The lowest BCUT2D eigenvalue weighted by atomic mass is 10.0. The van der Waals surface area contributed by atoms with E-state index in [1.807, 2.05) is 13.0 Å². The molecule has 1 N–H and O–H groups in total. The quantitative estimate of drug-likeness (QED) is 0.551. The van der Waals surface area contributed by atoms with Crippen molar-refractivity contribution < 1.29 is 14.6 Å². The SMILES string of the molecule is COC(=O)c1ccc(C)cc1C#CCO. The number of esters is 1. The number of carbonyl (C=O) groups excluding carboxylic acids is 1. The first-order valence-electron chi connectivity index (χ1n) is 4.47. The highest BCUT2D eigenvalue weighted by Crippen LogP contribution is 2.11. The van der Waals surface area contributed by atoms with Crippen LogP contribution in [0.5, 0.6) is 0 Å². The lowest BCUT2D eigenvalue weighted by Gasteiger charge is -2.03. The summed E-state index contributed by atoms with van der Waals surface area (Å²) >= 11 is 0. The molecule has 0 aliphatic heterocycles. The number of hydrogen-bond donors (Lipinski definition) is 1. The van der Waals surface area contributed by atoms with Gasteiger partial charge in [-0.1, -0.05) is 17.9 Å². The Morgan fingerprint density at radius 3 is 2.87 bits per heavy atom. The van der Waals surface area contributed by atoms with Crippen LogP contribution in [-0.2, 0) is 4.74 Å². The largest absolute Gasteiger partial charge is 0.465 e. The number of aliphatic hydroxyl groups excluding tert-OH is 1. The third kappa shape index (κ3) is 2.83. The van der Waals surface area contributed by atoms with E-state index < -0.39 is 5.97 Å². The molecule has 0 aliphatic rings. The summed E-state index contributed by atoms with van der Waals surface area (Å²) in [7, 11) is 1.32. The Bertz CT molecular complexity index is 424. The van der Waals surface area contributed by atoms with Gasteiger partial charge in [-0.15, -0.1) is 0 Å². The predicted molar refractivity (Wildman–Crippen MR) is 56.5 cm³/mol. The summed E-state index contributed by atoms with van der Waals surface area (Å²) < 4.78 is 4.63. The van der Waals surface area contributed by atoms with Crippen LogP contribution in [0.1, 0.15) is 21.5 Å². The minimum Gasteiger partial charge on any atom is -0.465 e.